The molecule has 0 bridgehead atoms. The van der Waals surface area contributed by atoms with E-state index in [-0.39, 0.29) is 11.9 Å². The molecule has 1 atom stereocenters. The van der Waals surface area contributed by atoms with Gasteiger partial charge in [-0.3, -0.25) is 0 Å². The quantitative estimate of drug-likeness (QED) is 0.887. The number of benzene rings is 2. The molecule has 0 aliphatic carbocycles. The van der Waals surface area contributed by atoms with Crippen molar-refractivity contribution >= 4 is 11.6 Å². The van der Waals surface area contributed by atoms with Crippen LogP contribution >= 0.6 is 11.6 Å². The van der Waals surface area contributed by atoms with Gasteiger partial charge in [-0.05, 0) is 60.7 Å². The van der Waals surface area contributed by atoms with Crippen molar-refractivity contribution in [3.8, 4) is 0 Å². The van der Waals surface area contributed by atoms with Crippen LogP contribution in [0.25, 0.3) is 0 Å². The van der Waals surface area contributed by atoms with E-state index in [2.05, 4.69) is 0 Å². The van der Waals surface area contributed by atoms with E-state index in [1.165, 1.54) is 12.1 Å². The zero-order valence-electron chi connectivity index (χ0n) is 11.1. The van der Waals surface area contributed by atoms with Gasteiger partial charge in [-0.15, -0.1) is 0 Å². The van der Waals surface area contributed by atoms with Crippen molar-refractivity contribution in [2.75, 3.05) is 0 Å². The van der Waals surface area contributed by atoms with Gasteiger partial charge in [0.1, 0.15) is 5.82 Å². The van der Waals surface area contributed by atoms with Crippen LogP contribution in [0.2, 0.25) is 5.02 Å². The van der Waals surface area contributed by atoms with E-state index in [9.17, 15) is 4.39 Å². The summed E-state index contributed by atoms with van der Waals surface area (Å²) in [5.74, 6) is -0.258. The predicted octanol–water partition coefficient (Wildman–Crippen LogP) is 4.34. The zero-order chi connectivity index (χ0) is 14.0. The number of nitrogens with two attached hydrogens (primary N) is 1. The molecule has 2 N–H and O–H groups in total. The van der Waals surface area contributed by atoms with Crippen LogP contribution < -0.4 is 5.73 Å². The van der Waals surface area contributed by atoms with E-state index in [1.807, 2.05) is 32.0 Å². The summed E-state index contributed by atoms with van der Waals surface area (Å²) in [5, 5.41) is 0.713. The first-order valence-corrected chi connectivity index (χ1v) is 6.62. The number of halogens is 2. The van der Waals surface area contributed by atoms with Crippen molar-refractivity contribution in [2.24, 2.45) is 5.73 Å². The molecule has 2 rings (SSSR count). The fraction of sp³-hybridized carbons (Fsp3) is 0.250. The number of rotatable bonds is 3. The van der Waals surface area contributed by atoms with Crippen molar-refractivity contribution < 1.29 is 4.39 Å². The Bertz CT molecular complexity index is 595. The molecule has 19 heavy (non-hydrogen) atoms. The Balaban J connectivity index is 2.25. The highest BCUT2D eigenvalue weighted by Gasteiger charge is 2.12. The first kappa shape index (κ1) is 14.0. The van der Waals surface area contributed by atoms with Gasteiger partial charge in [0.15, 0.2) is 0 Å². The molecule has 0 radical (unpaired) electrons. The lowest BCUT2D eigenvalue weighted by atomic mass is 9.95. The first-order valence-electron chi connectivity index (χ1n) is 6.24. The molecule has 0 spiro atoms. The van der Waals surface area contributed by atoms with Crippen LogP contribution in [-0.2, 0) is 6.42 Å². The van der Waals surface area contributed by atoms with Gasteiger partial charge in [0.05, 0.1) is 0 Å². The van der Waals surface area contributed by atoms with Gasteiger partial charge in [-0.25, -0.2) is 4.39 Å². The minimum Gasteiger partial charge on any atom is -0.324 e. The minimum absolute atomic E-state index is 0.254. The summed E-state index contributed by atoms with van der Waals surface area (Å²) in [6.45, 7) is 3.93. The molecule has 0 fully saturated rings. The second-order valence-corrected chi connectivity index (χ2v) is 5.31. The zero-order valence-corrected chi connectivity index (χ0v) is 11.8. The van der Waals surface area contributed by atoms with E-state index in [0.29, 0.717) is 11.4 Å². The Hall–Kier alpha value is -1.38. The highest BCUT2D eigenvalue weighted by atomic mass is 35.5. The Morgan fingerprint density at radius 1 is 1.16 bits per heavy atom. The van der Waals surface area contributed by atoms with Crippen molar-refractivity contribution in [3.63, 3.8) is 0 Å². The molecule has 100 valence electrons. The highest BCUT2D eigenvalue weighted by molar-refractivity contribution is 6.31. The molecule has 0 aliphatic heterocycles. The molecule has 0 amide bonds. The van der Waals surface area contributed by atoms with Crippen molar-refractivity contribution in [1.82, 2.24) is 0 Å². The monoisotopic (exact) mass is 277 g/mol. The topological polar surface area (TPSA) is 26.0 Å². The Morgan fingerprint density at radius 2 is 1.89 bits per heavy atom. The van der Waals surface area contributed by atoms with Crippen molar-refractivity contribution in [1.29, 1.82) is 0 Å². The second kappa shape index (κ2) is 5.72. The van der Waals surface area contributed by atoms with Crippen molar-refractivity contribution in [2.45, 2.75) is 26.3 Å². The summed E-state index contributed by atoms with van der Waals surface area (Å²) < 4.78 is 13.3. The third-order valence-corrected chi connectivity index (χ3v) is 3.64. The molecule has 2 aromatic rings. The fourth-order valence-electron chi connectivity index (χ4n) is 2.18. The SMILES string of the molecule is Cc1ccc(CC(N)c2cc(F)ccc2C)c(Cl)c1. The van der Waals surface area contributed by atoms with Gasteiger partial charge in [0.25, 0.3) is 0 Å². The maximum Gasteiger partial charge on any atom is 0.123 e. The second-order valence-electron chi connectivity index (χ2n) is 4.91. The molecule has 0 saturated carbocycles. The lowest BCUT2D eigenvalue weighted by Gasteiger charge is -2.16. The number of hydrogen-bond acceptors (Lipinski definition) is 1. The average Bonchev–Trinajstić information content (AvgIpc) is 2.35. The van der Waals surface area contributed by atoms with Crippen LogP contribution in [-0.4, -0.2) is 0 Å². The Kier molecular flexibility index (Phi) is 4.23. The van der Waals surface area contributed by atoms with Gasteiger partial charge in [-0.2, -0.15) is 0 Å². The lowest BCUT2D eigenvalue weighted by molar-refractivity contribution is 0.617. The van der Waals surface area contributed by atoms with Crippen LogP contribution in [0.5, 0.6) is 0 Å². The molecule has 0 saturated heterocycles. The third-order valence-electron chi connectivity index (χ3n) is 3.29. The maximum atomic E-state index is 13.3. The smallest absolute Gasteiger partial charge is 0.123 e. The Morgan fingerprint density at radius 3 is 2.58 bits per heavy atom. The van der Waals surface area contributed by atoms with Gasteiger partial charge >= 0.3 is 0 Å². The molecule has 1 unspecified atom stereocenters. The molecule has 0 aromatic heterocycles. The molecule has 0 aliphatic rings. The van der Waals surface area contributed by atoms with E-state index in [1.54, 1.807) is 6.07 Å². The van der Waals surface area contributed by atoms with E-state index < -0.39 is 0 Å². The van der Waals surface area contributed by atoms with E-state index in [0.717, 1.165) is 22.3 Å². The van der Waals surface area contributed by atoms with Gasteiger partial charge in [0.2, 0.25) is 0 Å². The van der Waals surface area contributed by atoms with E-state index in [4.69, 9.17) is 17.3 Å². The standard InChI is InChI=1S/C16H17ClFN/c1-10-3-5-12(15(17)7-10)8-16(19)14-9-13(18)6-4-11(14)2/h3-7,9,16H,8,19H2,1-2H3. The minimum atomic E-state index is -0.258. The third kappa shape index (κ3) is 3.34. The molecular weight excluding hydrogens is 261 g/mol. The number of hydrogen-bond donors (Lipinski definition) is 1. The summed E-state index contributed by atoms with van der Waals surface area (Å²) in [5.41, 5.74) is 10.1. The molecule has 3 heteroatoms. The highest BCUT2D eigenvalue weighted by Crippen LogP contribution is 2.25. The normalized spacial score (nSPS) is 12.5. The summed E-state index contributed by atoms with van der Waals surface area (Å²) in [4.78, 5) is 0. The molecule has 1 nitrogen and oxygen atoms in total. The molecular formula is C16H17ClFN. The summed E-state index contributed by atoms with van der Waals surface area (Å²) in [7, 11) is 0. The van der Waals surface area contributed by atoms with Gasteiger partial charge in [0, 0.05) is 11.1 Å². The fourth-order valence-corrected chi connectivity index (χ4v) is 2.49. The summed E-state index contributed by atoms with van der Waals surface area (Å²) in [6.07, 6.45) is 0.601. The largest absolute Gasteiger partial charge is 0.324 e. The summed E-state index contributed by atoms with van der Waals surface area (Å²) >= 11 is 6.20. The summed E-state index contributed by atoms with van der Waals surface area (Å²) in [6, 6.07) is 10.4. The average molecular weight is 278 g/mol. The van der Waals surface area contributed by atoms with Gasteiger partial charge < -0.3 is 5.73 Å². The lowest BCUT2D eigenvalue weighted by Crippen LogP contribution is -2.15. The van der Waals surface area contributed by atoms with Crippen LogP contribution in [0, 0.1) is 19.7 Å². The molecule has 0 heterocycles. The van der Waals surface area contributed by atoms with Gasteiger partial charge in [-0.1, -0.05) is 29.8 Å². The van der Waals surface area contributed by atoms with Crippen molar-refractivity contribution in [3.05, 3.63) is 69.5 Å². The predicted molar refractivity (Wildman–Crippen MR) is 78.0 cm³/mol. The van der Waals surface area contributed by atoms with Crippen LogP contribution in [0.15, 0.2) is 36.4 Å². The Labute approximate surface area is 118 Å². The van der Waals surface area contributed by atoms with E-state index >= 15 is 0 Å². The first-order chi connectivity index (χ1) is 8.97. The van der Waals surface area contributed by atoms with Crippen LogP contribution in [0.4, 0.5) is 4.39 Å². The number of aryl methyl sites for hydroxylation is 2. The molecule has 2 aromatic carbocycles. The van der Waals surface area contributed by atoms with Crippen LogP contribution in [0.1, 0.15) is 28.3 Å². The van der Waals surface area contributed by atoms with Crippen LogP contribution in [0.3, 0.4) is 0 Å². The maximum absolute atomic E-state index is 13.3.